The van der Waals surface area contributed by atoms with E-state index >= 15 is 0 Å². The molecule has 1 saturated carbocycles. The fourth-order valence-electron chi connectivity index (χ4n) is 5.85. The summed E-state index contributed by atoms with van der Waals surface area (Å²) in [6, 6.07) is 5.91. The van der Waals surface area contributed by atoms with Crippen molar-refractivity contribution >= 4 is 11.9 Å². The summed E-state index contributed by atoms with van der Waals surface area (Å²) < 4.78 is 5.58. The van der Waals surface area contributed by atoms with Gasteiger partial charge in [0.05, 0.1) is 17.2 Å². The number of piperidine rings is 1. The molecule has 0 radical (unpaired) electrons. The molecule has 194 valence electrons. The minimum atomic E-state index is -1.15. The number of aliphatic hydroxyl groups excluding tert-OH is 2. The van der Waals surface area contributed by atoms with Crippen LogP contribution in [0, 0.1) is 11.3 Å². The van der Waals surface area contributed by atoms with Crippen LogP contribution in [0.4, 0.5) is 0 Å². The average Bonchev–Trinajstić information content (AvgIpc) is 3.42. The van der Waals surface area contributed by atoms with Gasteiger partial charge in [0.1, 0.15) is 12.7 Å². The summed E-state index contributed by atoms with van der Waals surface area (Å²) in [6.07, 6.45) is 7.77. The molecule has 0 bridgehead atoms. The third kappa shape index (κ3) is 6.80. The van der Waals surface area contributed by atoms with Crippen molar-refractivity contribution in [3.63, 3.8) is 0 Å². The number of likely N-dealkylation sites (tertiary alicyclic amines) is 1. The molecule has 1 aromatic rings. The molecular formula is C27H41N3O5. The number of pyridine rings is 1. The maximum atomic E-state index is 13.2. The molecule has 0 aromatic carbocycles. The SMILES string of the molecule is O=C(C1CCCC1)N1CCCCC2(CCN(Cc3ccccn3)CC2)C(=O)OC[C@@H](O)[C@@H](O)CC1. The number of hydrogen-bond donors (Lipinski definition) is 2. The van der Waals surface area contributed by atoms with E-state index in [-0.39, 0.29) is 30.8 Å². The number of cyclic esters (lactones) is 1. The van der Waals surface area contributed by atoms with Crippen LogP contribution in [-0.2, 0) is 20.9 Å². The van der Waals surface area contributed by atoms with Crippen LogP contribution in [0.15, 0.2) is 24.4 Å². The lowest BCUT2D eigenvalue weighted by atomic mass is 9.74. The summed E-state index contributed by atoms with van der Waals surface area (Å²) in [5.74, 6) is 0.00994. The van der Waals surface area contributed by atoms with Crippen molar-refractivity contribution in [3.05, 3.63) is 30.1 Å². The maximum Gasteiger partial charge on any atom is 0.312 e. The van der Waals surface area contributed by atoms with Crippen molar-refractivity contribution in [2.45, 2.75) is 83.0 Å². The molecule has 8 heteroatoms. The molecule has 4 rings (SSSR count). The molecule has 1 aromatic heterocycles. The Morgan fingerprint density at radius 3 is 2.46 bits per heavy atom. The molecule has 1 amide bonds. The van der Waals surface area contributed by atoms with E-state index in [2.05, 4.69) is 9.88 Å². The number of carbonyl (C=O) groups excluding carboxylic acids is 2. The molecular weight excluding hydrogens is 446 g/mol. The van der Waals surface area contributed by atoms with E-state index in [9.17, 15) is 19.8 Å². The topological polar surface area (TPSA) is 103 Å². The van der Waals surface area contributed by atoms with E-state index in [1.54, 1.807) is 6.20 Å². The highest BCUT2D eigenvalue weighted by atomic mass is 16.5. The highest BCUT2D eigenvalue weighted by Crippen LogP contribution is 2.39. The molecule has 2 N–H and O–H groups in total. The summed E-state index contributed by atoms with van der Waals surface area (Å²) in [6.45, 7) is 3.17. The van der Waals surface area contributed by atoms with Crippen LogP contribution in [0.25, 0.3) is 0 Å². The Balaban J connectivity index is 1.40. The first-order valence-electron chi connectivity index (χ1n) is 13.4. The predicted octanol–water partition coefficient (Wildman–Crippen LogP) is 2.52. The van der Waals surface area contributed by atoms with Gasteiger partial charge in [-0.1, -0.05) is 25.3 Å². The van der Waals surface area contributed by atoms with Gasteiger partial charge in [-0.05, 0) is 70.2 Å². The minimum absolute atomic E-state index is 0.0902. The van der Waals surface area contributed by atoms with Gasteiger partial charge in [-0.15, -0.1) is 0 Å². The van der Waals surface area contributed by atoms with Crippen molar-refractivity contribution in [1.29, 1.82) is 0 Å². The van der Waals surface area contributed by atoms with Crippen LogP contribution in [0.1, 0.15) is 69.9 Å². The smallest absolute Gasteiger partial charge is 0.312 e. The van der Waals surface area contributed by atoms with Crippen LogP contribution in [0.2, 0.25) is 0 Å². The summed E-state index contributed by atoms with van der Waals surface area (Å²) in [7, 11) is 0. The third-order valence-electron chi connectivity index (χ3n) is 8.23. The summed E-state index contributed by atoms with van der Waals surface area (Å²) >= 11 is 0. The van der Waals surface area contributed by atoms with Crippen LogP contribution in [-0.4, -0.2) is 81.9 Å². The second kappa shape index (κ2) is 12.3. The molecule has 2 aliphatic heterocycles. The second-order valence-electron chi connectivity index (χ2n) is 10.7. The lowest BCUT2D eigenvalue weighted by Gasteiger charge is -2.40. The molecule has 3 heterocycles. The Labute approximate surface area is 208 Å². The van der Waals surface area contributed by atoms with Gasteiger partial charge in [-0.2, -0.15) is 0 Å². The first kappa shape index (κ1) is 26.0. The Kier molecular flexibility index (Phi) is 9.14. The van der Waals surface area contributed by atoms with Crippen LogP contribution in [0.3, 0.4) is 0 Å². The summed E-state index contributed by atoms with van der Waals surface area (Å²) in [4.78, 5) is 35.0. The lowest BCUT2D eigenvalue weighted by molar-refractivity contribution is -0.165. The second-order valence-corrected chi connectivity index (χ2v) is 10.7. The Hall–Kier alpha value is -2.03. The van der Waals surface area contributed by atoms with E-state index in [0.717, 1.165) is 63.9 Å². The van der Waals surface area contributed by atoms with Gasteiger partial charge in [-0.25, -0.2) is 0 Å². The fraction of sp³-hybridized carbons (Fsp3) is 0.741. The molecule has 1 aliphatic carbocycles. The number of esters is 1. The Morgan fingerprint density at radius 2 is 1.74 bits per heavy atom. The number of amides is 1. The van der Waals surface area contributed by atoms with Gasteiger partial charge in [0.25, 0.3) is 0 Å². The number of rotatable bonds is 3. The molecule has 35 heavy (non-hydrogen) atoms. The van der Waals surface area contributed by atoms with Gasteiger partial charge in [0.15, 0.2) is 0 Å². The van der Waals surface area contributed by atoms with Crippen LogP contribution >= 0.6 is 0 Å². The molecule has 8 nitrogen and oxygen atoms in total. The third-order valence-corrected chi connectivity index (χ3v) is 8.23. The molecule has 3 fully saturated rings. The standard InChI is InChI=1S/C27H41N3O5/c31-23-10-16-30(25(33)21-7-1-2-8-21)15-6-4-11-27(26(34)35-20-24(23)32)12-17-29(18-13-27)19-22-9-3-5-14-28-22/h3,5,9,14,21,23-24,31-32H,1-2,4,6-8,10-13,15-20H2/t23-,24+/m0/s1. The van der Waals surface area contributed by atoms with Gasteiger partial charge < -0.3 is 19.8 Å². The zero-order valence-corrected chi connectivity index (χ0v) is 20.8. The largest absolute Gasteiger partial charge is 0.462 e. The van der Waals surface area contributed by atoms with Crippen LogP contribution in [0.5, 0.6) is 0 Å². The number of ether oxygens (including phenoxy) is 1. The average molecular weight is 488 g/mol. The van der Waals surface area contributed by atoms with Gasteiger partial charge in [0.2, 0.25) is 5.91 Å². The van der Waals surface area contributed by atoms with Crippen molar-refractivity contribution in [3.8, 4) is 0 Å². The fourth-order valence-corrected chi connectivity index (χ4v) is 5.85. The molecule has 2 atom stereocenters. The highest BCUT2D eigenvalue weighted by molar-refractivity contribution is 5.79. The summed E-state index contributed by atoms with van der Waals surface area (Å²) in [5.41, 5.74) is 0.435. The van der Waals surface area contributed by atoms with Gasteiger partial charge in [0, 0.05) is 31.7 Å². The minimum Gasteiger partial charge on any atom is -0.462 e. The number of carbonyl (C=O) groups is 2. The molecule has 3 aliphatic rings. The van der Waals surface area contributed by atoms with E-state index < -0.39 is 17.6 Å². The normalized spacial score (nSPS) is 27.6. The lowest BCUT2D eigenvalue weighted by Crippen LogP contribution is -2.46. The van der Waals surface area contributed by atoms with Crippen molar-refractivity contribution in [1.82, 2.24) is 14.8 Å². The molecule has 0 unspecified atom stereocenters. The summed E-state index contributed by atoms with van der Waals surface area (Å²) in [5, 5.41) is 20.9. The first-order valence-corrected chi connectivity index (χ1v) is 13.4. The molecule has 2 saturated heterocycles. The van der Waals surface area contributed by atoms with Gasteiger partial charge >= 0.3 is 5.97 Å². The van der Waals surface area contributed by atoms with Gasteiger partial charge in [-0.3, -0.25) is 19.5 Å². The highest BCUT2D eigenvalue weighted by Gasteiger charge is 2.43. The maximum absolute atomic E-state index is 13.2. The molecule has 1 spiro atoms. The van der Waals surface area contributed by atoms with Crippen molar-refractivity contribution in [2.75, 3.05) is 32.8 Å². The van der Waals surface area contributed by atoms with E-state index in [1.165, 1.54) is 0 Å². The Bertz CT molecular complexity index is 821. The van der Waals surface area contributed by atoms with E-state index in [1.807, 2.05) is 23.1 Å². The monoisotopic (exact) mass is 487 g/mol. The number of aliphatic hydroxyl groups is 2. The van der Waals surface area contributed by atoms with Crippen LogP contribution < -0.4 is 0 Å². The number of nitrogens with zero attached hydrogens (tertiary/aromatic N) is 3. The quantitative estimate of drug-likeness (QED) is 0.632. The zero-order chi connectivity index (χ0) is 24.7. The Morgan fingerprint density at radius 1 is 0.971 bits per heavy atom. The van der Waals surface area contributed by atoms with Crippen molar-refractivity contribution in [2.24, 2.45) is 11.3 Å². The predicted molar refractivity (Wildman–Crippen MR) is 131 cm³/mol. The van der Waals surface area contributed by atoms with E-state index in [0.29, 0.717) is 32.4 Å². The number of hydrogen-bond acceptors (Lipinski definition) is 7. The van der Waals surface area contributed by atoms with Crippen molar-refractivity contribution < 1.29 is 24.5 Å². The first-order chi connectivity index (χ1) is 17.0. The number of aromatic nitrogens is 1. The zero-order valence-electron chi connectivity index (χ0n) is 20.8. The van der Waals surface area contributed by atoms with E-state index in [4.69, 9.17) is 4.74 Å².